The second kappa shape index (κ2) is 7.26. The number of hydrogen-bond acceptors (Lipinski definition) is 4. The lowest BCUT2D eigenvalue weighted by Gasteiger charge is -2.10. The number of benzene rings is 2. The van der Waals surface area contributed by atoms with Crippen LogP contribution in [0.15, 0.2) is 60.7 Å². The summed E-state index contributed by atoms with van der Waals surface area (Å²) in [6.45, 7) is 4.28. The average Bonchev–Trinajstić information content (AvgIpc) is 3.04. The van der Waals surface area contributed by atoms with Crippen LogP contribution in [0.3, 0.4) is 0 Å². The topological polar surface area (TPSA) is 37.8 Å². The zero-order chi connectivity index (χ0) is 17.9. The highest BCUT2D eigenvalue weighted by molar-refractivity contribution is 7.18. The van der Waals surface area contributed by atoms with Crippen molar-refractivity contribution in [3.8, 4) is 0 Å². The number of aryl methyl sites for hydroxylation is 2. The molecule has 0 unspecified atom stereocenters. The van der Waals surface area contributed by atoms with Gasteiger partial charge in [0.1, 0.15) is 16.5 Å². The molecule has 0 aliphatic rings. The van der Waals surface area contributed by atoms with Crippen LogP contribution in [0.4, 0.5) is 11.5 Å². The van der Waals surface area contributed by atoms with Gasteiger partial charge in [0.2, 0.25) is 0 Å². The van der Waals surface area contributed by atoms with Gasteiger partial charge >= 0.3 is 0 Å². The minimum atomic E-state index is 0.733. The quantitative estimate of drug-likeness (QED) is 0.482. The molecule has 2 heterocycles. The maximum atomic E-state index is 4.83. The van der Waals surface area contributed by atoms with Crippen molar-refractivity contribution < 1.29 is 0 Å². The largest absolute Gasteiger partial charge is 0.340 e. The molecule has 4 heteroatoms. The number of thiophene rings is 1. The molecule has 2 aromatic carbocycles. The minimum absolute atomic E-state index is 0.733. The van der Waals surface area contributed by atoms with Gasteiger partial charge in [-0.05, 0) is 42.7 Å². The molecule has 0 atom stereocenters. The summed E-state index contributed by atoms with van der Waals surface area (Å²) in [6, 6.07) is 21.1. The van der Waals surface area contributed by atoms with Gasteiger partial charge in [-0.1, -0.05) is 49.4 Å². The second-order valence-corrected chi connectivity index (χ2v) is 7.64. The number of fused-ring (bicyclic) bond motifs is 1. The Balaban J connectivity index is 1.71. The van der Waals surface area contributed by atoms with Crippen LogP contribution in [0.2, 0.25) is 0 Å². The Kier molecular flexibility index (Phi) is 4.67. The van der Waals surface area contributed by atoms with Gasteiger partial charge in [0.05, 0.1) is 5.39 Å². The second-order valence-electron chi connectivity index (χ2n) is 6.40. The minimum Gasteiger partial charge on any atom is -0.340 e. The van der Waals surface area contributed by atoms with E-state index in [0.717, 1.165) is 40.4 Å². The van der Waals surface area contributed by atoms with Crippen molar-refractivity contribution in [1.82, 2.24) is 9.97 Å². The summed E-state index contributed by atoms with van der Waals surface area (Å²) in [4.78, 5) is 11.9. The molecule has 3 nitrogen and oxygen atoms in total. The third-order valence-corrected chi connectivity index (χ3v) is 5.34. The van der Waals surface area contributed by atoms with E-state index in [-0.39, 0.29) is 0 Å². The normalized spacial score (nSPS) is 11.0. The Hall–Kier alpha value is -2.72. The van der Waals surface area contributed by atoms with Crippen molar-refractivity contribution in [1.29, 1.82) is 0 Å². The molecule has 4 aromatic rings. The number of aromatic nitrogens is 2. The van der Waals surface area contributed by atoms with Gasteiger partial charge in [-0.2, -0.15) is 0 Å². The van der Waals surface area contributed by atoms with E-state index in [9.17, 15) is 0 Å². The summed E-state index contributed by atoms with van der Waals surface area (Å²) in [7, 11) is 0. The Morgan fingerprint density at radius 2 is 1.69 bits per heavy atom. The molecule has 0 bridgehead atoms. The Bertz CT molecular complexity index is 1020. The van der Waals surface area contributed by atoms with Crippen LogP contribution < -0.4 is 5.32 Å². The zero-order valence-electron chi connectivity index (χ0n) is 15.0. The molecule has 130 valence electrons. The predicted octanol–water partition coefficient (Wildman–Crippen LogP) is 5.90. The van der Waals surface area contributed by atoms with Crippen molar-refractivity contribution in [3.05, 3.63) is 82.5 Å². The molecule has 4 rings (SSSR count). The lowest BCUT2D eigenvalue weighted by molar-refractivity contribution is 0.999. The van der Waals surface area contributed by atoms with Gasteiger partial charge in [-0.15, -0.1) is 11.3 Å². The van der Waals surface area contributed by atoms with E-state index in [0.29, 0.717) is 0 Å². The third kappa shape index (κ3) is 3.60. The molecule has 0 aliphatic heterocycles. The van der Waals surface area contributed by atoms with Crippen LogP contribution in [-0.2, 0) is 12.8 Å². The van der Waals surface area contributed by atoms with Crippen LogP contribution in [0.1, 0.15) is 28.8 Å². The van der Waals surface area contributed by atoms with Gasteiger partial charge in [-0.25, -0.2) is 9.97 Å². The average molecular weight is 359 g/mol. The first-order valence-electron chi connectivity index (χ1n) is 8.88. The number of hydrogen-bond donors (Lipinski definition) is 1. The number of nitrogens with one attached hydrogen (secondary N) is 1. The highest BCUT2D eigenvalue weighted by Crippen LogP contribution is 2.30. The van der Waals surface area contributed by atoms with E-state index in [1.807, 2.05) is 6.07 Å². The van der Waals surface area contributed by atoms with E-state index in [1.165, 1.54) is 16.0 Å². The lowest BCUT2D eigenvalue weighted by Crippen LogP contribution is -2.01. The van der Waals surface area contributed by atoms with Crippen LogP contribution in [0, 0.1) is 6.92 Å². The molecule has 0 spiro atoms. The fourth-order valence-corrected chi connectivity index (χ4v) is 3.90. The van der Waals surface area contributed by atoms with E-state index in [1.54, 1.807) is 11.3 Å². The first-order chi connectivity index (χ1) is 12.7. The van der Waals surface area contributed by atoms with Gasteiger partial charge in [-0.3, -0.25) is 0 Å². The third-order valence-electron chi connectivity index (χ3n) is 4.39. The molecule has 0 amide bonds. The molecule has 0 saturated carbocycles. The van der Waals surface area contributed by atoms with Crippen LogP contribution >= 0.6 is 11.3 Å². The maximum Gasteiger partial charge on any atom is 0.142 e. The number of anilines is 2. The summed E-state index contributed by atoms with van der Waals surface area (Å²) in [5.41, 5.74) is 3.61. The SMILES string of the molecule is CCc1ccc(Nc2nc(Cc3ccccc3)nc3sc(C)cc23)cc1. The van der Waals surface area contributed by atoms with Crippen molar-refractivity contribution in [3.63, 3.8) is 0 Å². The standard InChI is InChI=1S/C22H21N3S/c1-3-16-9-11-18(12-10-16)23-21-19-13-15(2)26-22(19)25-20(24-21)14-17-7-5-4-6-8-17/h4-13H,3,14H2,1-2H3,(H,23,24,25). The summed E-state index contributed by atoms with van der Waals surface area (Å²) in [5.74, 6) is 1.73. The maximum absolute atomic E-state index is 4.83. The summed E-state index contributed by atoms with van der Waals surface area (Å²) in [6.07, 6.45) is 1.78. The number of nitrogens with zero attached hydrogens (tertiary/aromatic N) is 2. The van der Waals surface area contributed by atoms with Gasteiger partial charge in [0.15, 0.2) is 0 Å². The highest BCUT2D eigenvalue weighted by atomic mass is 32.1. The van der Waals surface area contributed by atoms with E-state index in [2.05, 4.69) is 73.8 Å². The molecule has 0 saturated heterocycles. The van der Waals surface area contributed by atoms with Crippen LogP contribution in [0.25, 0.3) is 10.2 Å². The monoisotopic (exact) mass is 359 g/mol. The Morgan fingerprint density at radius 1 is 0.923 bits per heavy atom. The molecule has 1 N–H and O–H groups in total. The van der Waals surface area contributed by atoms with Gasteiger partial charge < -0.3 is 5.32 Å². The zero-order valence-corrected chi connectivity index (χ0v) is 15.8. The van der Waals surface area contributed by atoms with Crippen molar-refractivity contribution in [2.45, 2.75) is 26.7 Å². The molecule has 0 fully saturated rings. The van der Waals surface area contributed by atoms with Crippen LogP contribution in [0.5, 0.6) is 0 Å². The molecular weight excluding hydrogens is 338 g/mol. The summed E-state index contributed by atoms with van der Waals surface area (Å²) in [5, 5.41) is 4.58. The Morgan fingerprint density at radius 3 is 2.42 bits per heavy atom. The van der Waals surface area contributed by atoms with Crippen molar-refractivity contribution in [2.24, 2.45) is 0 Å². The first-order valence-corrected chi connectivity index (χ1v) is 9.70. The van der Waals surface area contributed by atoms with Gasteiger partial charge in [0.25, 0.3) is 0 Å². The fourth-order valence-electron chi connectivity index (χ4n) is 3.00. The highest BCUT2D eigenvalue weighted by Gasteiger charge is 2.11. The predicted molar refractivity (Wildman–Crippen MR) is 111 cm³/mol. The number of rotatable bonds is 5. The van der Waals surface area contributed by atoms with Crippen molar-refractivity contribution >= 4 is 33.1 Å². The molecular formula is C22H21N3S. The Labute approximate surface area is 157 Å². The van der Waals surface area contributed by atoms with Crippen molar-refractivity contribution in [2.75, 3.05) is 5.32 Å². The summed E-state index contributed by atoms with van der Waals surface area (Å²) < 4.78 is 0. The van der Waals surface area contributed by atoms with E-state index in [4.69, 9.17) is 9.97 Å². The molecule has 0 radical (unpaired) electrons. The van der Waals surface area contributed by atoms with Crippen LogP contribution in [-0.4, -0.2) is 9.97 Å². The fraction of sp³-hybridized carbons (Fsp3) is 0.182. The van der Waals surface area contributed by atoms with E-state index < -0.39 is 0 Å². The van der Waals surface area contributed by atoms with Gasteiger partial charge in [0, 0.05) is 17.0 Å². The summed E-state index contributed by atoms with van der Waals surface area (Å²) >= 11 is 1.72. The molecule has 26 heavy (non-hydrogen) atoms. The smallest absolute Gasteiger partial charge is 0.142 e. The molecule has 2 aromatic heterocycles. The lowest BCUT2D eigenvalue weighted by atomic mass is 10.1. The first kappa shape index (κ1) is 16.7. The van der Waals surface area contributed by atoms with E-state index >= 15 is 0 Å². The molecule has 0 aliphatic carbocycles.